The molecule has 0 aromatic heterocycles. The SMILES string of the molecule is CN(C)Cc1cccc(NC(=O)C(C)(C)N)c1. The first-order valence-corrected chi connectivity index (χ1v) is 5.63. The van der Waals surface area contributed by atoms with E-state index in [4.69, 9.17) is 5.73 Å². The van der Waals surface area contributed by atoms with Crippen molar-refractivity contribution in [3.63, 3.8) is 0 Å². The maximum atomic E-state index is 11.7. The van der Waals surface area contributed by atoms with Gasteiger partial charge < -0.3 is 16.0 Å². The van der Waals surface area contributed by atoms with Gasteiger partial charge in [0, 0.05) is 12.2 Å². The average Bonchev–Trinajstić information content (AvgIpc) is 2.15. The Labute approximate surface area is 103 Å². The Balaban J connectivity index is 2.76. The molecule has 0 spiro atoms. The second-order valence-corrected chi connectivity index (χ2v) is 5.11. The molecule has 3 N–H and O–H groups in total. The molecule has 0 saturated carbocycles. The lowest BCUT2D eigenvalue weighted by atomic mass is 10.1. The summed E-state index contributed by atoms with van der Waals surface area (Å²) < 4.78 is 0. The largest absolute Gasteiger partial charge is 0.325 e. The number of benzene rings is 1. The first-order valence-electron chi connectivity index (χ1n) is 5.63. The van der Waals surface area contributed by atoms with Crippen molar-refractivity contribution in [2.45, 2.75) is 25.9 Å². The van der Waals surface area contributed by atoms with Gasteiger partial charge in [-0.3, -0.25) is 4.79 Å². The predicted molar refractivity (Wildman–Crippen MR) is 70.7 cm³/mol. The Hall–Kier alpha value is -1.39. The molecule has 0 aliphatic heterocycles. The molecule has 4 nitrogen and oxygen atoms in total. The van der Waals surface area contributed by atoms with Crippen molar-refractivity contribution in [1.29, 1.82) is 0 Å². The molecule has 0 aliphatic rings. The number of carbonyl (C=O) groups is 1. The van der Waals surface area contributed by atoms with Crippen LogP contribution in [0.5, 0.6) is 0 Å². The van der Waals surface area contributed by atoms with E-state index in [1.54, 1.807) is 13.8 Å². The summed E-state index contributed by atoms with van der Waals surface area (Å²) in [7, 11) is 4.02. The highest BCUT2D eigenvalue weighted by Crippen LogP contribution is 2.13. The number of hydrogen-bond acceptors (Lipinski definition) is 3. The van der Waals surface area contributed by atoms with E-state index in [1.165, 1.54) is 0 Å². The van der Waals surface area contributed by atoms with E-state index in [0.29, 0.717) is 0 Å². The zero-order chi connectivity index (χ0) is 13.1. The lowest BCUT2D eigenvalue weighted by Crippen LogP contribution is -2.45. The van der Waals surface area contributed by atoms with Crippen LogP contribution in [-0.2, 0) is 11.3 Å². The molecule has 0 aliphatic carbocycles. The Bertz CT molecular complexity index is 394. The van der Waals surface area contributed by atoms with E-state index in [9.17, 15) is 4.79 Å². The predicted octanol–water partition coefficient (Wildman–Crippen LogP) is 1.42. The van der Waals surface area contributed by atoms with Gasteiger partial charge >= 0.3 is 0 Å². The Morgan fingerprint density at radius 1 is 1.41 bits per heavy atom. The van der Waals surface area contributed by atoms with Gasteiger partial charge in [0.2, 0.25) is 5.91 Å². The molecule has 1 amide bonds. The van der Waals surface area contributed by atoms with Crippen LogP contribution >= 0.6 is 0 Å². The Kier molecular flexibility index (Phi) is 4.26. The summed E-state index contributed by atoms with van der Waals surface area (Å²) in [5.74, 6) is -0.181. The number of nitrogens with zero attached hydrogens (tertiary/aromatic N) is 1. The molecule has 0 atom stereocenters. The van der Waals surface area contributed by atoms with Crippen LogP contribution in [0.15, 0.2) is 24.3 Å². The van der Waals surface area contributed by atoms with E-state index in [-0.39, 0.29) is 5.91 Å². The number of anilines is 1. The number of hydrogen-bond donors (Lipinski definition) is 2. The van der Waals surface area contributed by atoms with E-state index in [0.717, 1.165) is 17.8 Å². The van der Waals surface area contributed by atoms with Crippen molar-refractivity contribution in [3.8, 4) is 0 Å². The van der Waals surface area contributed by atoms with Crippen molar-refractivity contribution in [2.24, 2.45) is 5.73 Å². The van der Waals surface area contributed by atoms with E-state index in [1.807, 2.05) is 38.4 Å². The average molecular weight is 235 g/mol. The first-order chi connectivity index (χ1) is 7.79. The molecule has 0 radical (unpaired) electrons. The Morgan fingerprint density at radius 3 is 2.59 bits per heavy atom. The van der Waals surface area contributed by atoms with E-state index < -0.39 is 5.54 Å². The maximum absolute atomic E-state index is 11.7. The highest BCUT2D eigenvalue weighted by Gasteiger charge is 2.21. The number of nitrogens with one attached hydrogen (secondary N) is 1. The van der Waals surface area contributed by atoms with Crippen LogP contribution in [0.3, 0.4) is 0 Å². The van der Waals surface area contributed by atoms with Crippen molar-refractivity contribution in [3.05, 3.63) is 29.8 Å². The monoisotopic (exact) mass is 235 g/mol. The quantitative estimate of drug-likeness (QED) is 0.830. The molecular formula is C13H21N3O. The summed E-state index contributed by atoms with van der Waals surface area (Å²) in [5.41, 5.74) is 6.80. The van der Waals surface area contributed by atoms with Gasteiger partial charge in [0.15, 0.2) is 0 Å². The van der Waals surface area contributed by atoms with Crippen LogP contribution in [0.4, 0.5) is 5.69 Å². The van der Waals surface area contributed by atoms with E-state index in [2.05, 4.69) is 10.2 Å². The minimum Gasteiger partial charge on any atom is -0.325 e. The summed E-state index contributed by atoms with van der Waals surface area (Å²) >= 11 is 0. The minimum atomic E-state index is -0.864. The molecular weight excluding hydrogens is 214 g/mol. The van der Waals surface area contributed by atoms with Gasteiger partial charge in [-0.05, 0) is 45.6 Å². The third kappa shape index (κ3) is 4.54. The lowest BCUT2D eigenvalue weighted by molar-refractivity contribution is -0.120. The van der Waals surface area contributed by atoms with Crippen LogP contribution < -0.4 is 11.1 Å². The van der Waals surface area contributed by atoms with Crippen molar-refractivity contribution in [2.75, 3.05) is 19.4 Å². The Morgan fingerprint density at radius 2 is 2.06 bits per heavy atom. The summed E-state index contributed by atoms with van der Waals surface area (Å²) in [5, 5.41) is 2.81. The zero-order valence-corrected chi connectivity index (χ0v) is 10.9. The zero-order valence-electron chi connectivity index (χ0n) is 10.9. The molecule has 94 valence electrons. The number of amides is 1. The molecule has 1 aromatic carbocycles. The molecule has 1 aromatic rings. The van der Waals surface area contributed by atoms with Gasteiger partial charge in [0.25, 0.3) is 0 Å². The van der Waals surface area contributed by atoms with Crippen LogP contribution in [0.2, 0.25) is 0 Å². The van der Waals surface area contributed by atoms with Crippen molar-refractivity contribution < 1.29 is 4.79 Å². The summed E-state index contributed by atoms with van der Waals surface area (Å²) in [4.78, 5) is 13.8. The molecule has 17 heavy (non-hydrogen) atoms. The van der Waals surface area contributed by atoms with Gasteiger partial charge in [-0.2, -0.15) is 0 Å². The number of carbonyl (C=O) groups excluding carboxylic acids is 1. The number of nitrogens with two attached hydrogens (primary N) is 1. The normalized spacial score (nSPS) is 11.6. The van der Waals surface area contributed by atoms with E-state index >= 15 is 0 Å². The fourth-order valence-electron chi connectivity index (χ4n) is 1.40. The fourth-order valence-corrected chi connectivity index (χ4v) is 1.40. The molecule has 0 fully saturated rings. The van der Waals surface area contributed by atoms with Gasteiger partial charge in [0.1, 0.15) is 0 Å². The first kappa shape index (κ1) is 13.7. The third-order valence-electron chi connectivity index (χ3n) is 2.27. The molecule has 0 bridgehead atoms. The molecule has 1 rings (SSSR count). The minimum absolute atomic E-state index is 0.181. The summed E-state index contributed by atoms with van der Waals surface area (Å²) in [6, 6.07) is 7.79. The molecule has 0 heterocycles. The van der Waals surface area contributed by atoms with Gasteiger partial charge in [-0.1, -0.05) is 12.1 Å². The second kappa shape index (κ2) is 5.29. The molecule has 4 heteroatoms. The second-order valence-electron chi connectivity index (χ2n) is 5.11. The van der Waals surface area contributed by atoms with Crippen LogP contribution in [0, 0.1) is 0 Å². The highest BCUT2D eigenvalue weighted by molar-refractivity contribution is 5.97. The lowest BCUT2D eigenvalue weighted by Gasteiger charge is -2.18. The van der Waals surface area contributed by atoms with Crippen LogP contribution in [0.25, 0.3) is 0 Å². The highest BCUT2D eigenvalue weighted by atomic mass is 16.2. The van der Waals surface area contributed by atoms with Crippen LogP contribution in [-0.4, -0.2) is 30.4 Å². The molecule has 0 saturated heterocycles. The standard InChI is InChI=1S/C13H21N3O/c1-13(2,14)12(17)15-11-7-5-6-10(8-11)9-16(3)4/h5-8H,9,14H2,1-4H3,(H,15,17). The van der Waals surface area contributed by atoms with Crippen LogP contribution in [0.1, 0.15) is 19.4 Å². The topological polar surface area (TPSA) is 58.4 Å². The third-order valence-corrected chi connectivity index (χ3v) is 2.27. The smallest absolute Gasteiger partial charge is 0.243 e. The molecule has 0 unspecified atom stereocenters. The van der Waals surface area contributed by atoms with Gasteiger partial charge in [0.05, 0.1) is 5.54 Å². The van der Waals surface area contributed by atoms with Gasteiger partial charge in [-0.25, -0.2) is 0 Å². The van der Waals surface area contributed by atoms with Crippen molar-refractivity contribution in [1.82, 2.24) is 4.90 Å². The maximum Gasteiger partial charge on any atom is 0.243 e. The fraction of sp³-hybridized carbons (Fsp3) is 0.462. The van der Waals surface area contributed by atoms with Crippen molar-refractivity contribution >= 4 is 11.6 Å². The summed E-state index contributed by atoms with van der Waals surface area (Å²) in [6.45, 7) is 4.22. The number of rotatable bonds is 4. The summed E-state index contributed by atoms with van der Waals surface area (Å²) in [6.07, 6.45) is 0. The van der Waals surface area contributed by atoms with Gasteiger partial charge in [-0.15, -0.1) is 0 Å².